The van der Waals surface area contributed by atoms with Crippen LogP contribution in [-0.4, -0.2) is 31.2 Å². The number of nitrogens with zero attached hydrogens (tertiary/aromatic N) is 1. The summed E-state index contributed by atoms with van der Waals surface area (Å²) in [6.45, 7) is 10.5. The molecular formula is C17H36N+. The van der Waals surface area contributed by atoms with Gasteiger partial charge in [-0.25, -0.2) is 0 Å². The van der Waals surface area contributed by atoms with Crippen molar-refractivity contribution in [1.82, 2.24) is 0 Å². The van der Waals surface area contributed by atoms with Crippen LogP contribution in [0.25, 0.3) is 0 Å². The summed E-state index contributed by atoms with van der Waals surface area (Å²) in [4.78, 5) is 0. The minimum absolute atomic E-state index is 1.20. The first-order valence-corrected chi connectivity index (χ1v) is 8.13. The summed E-state index contributed by atoms with van der Waals surface area (Å²) in [6, 6.07) is 0. The van der Waals surface area contributed by atoms with Crippen molar-refractivity contribution in [1.29, 1.82) is 0 Å². The fourth-order valence-electron chi connectivity index (χ4n) is 2.37. The summed E-state index contributed by atoms with van der Waals surface area (Å²) < 4.78 is 1.21. The standard InChI is InChI=1S/C17H36N/c1-5-8-10-11-12-13-14-15-17-18(4,7-3)16-9-6-2/h6,9H,5,7-8,10-17H2,1-4H3/q+1. The van der Waals surface area contributed by atoms with Crippen molar-refractivity contribution in [3.63, 3.8) is 0 Å². The summed E-state index contributed by atoms with van der Waals surface area (Å²) in [5.41, 5.74) is 0. The van der Waals surface area contributed by atoms with E-state index in [1.165, 1.54) is 75.5 Å². The third-order valence-corrected chi connectivity index (χ3v) is 4.10. The van der Waals surface area contributed by atoms with Gasteiger partial charge in [-0.1, -0.05) is 51.5 Å². The van der Waals surface area contributed by atoms with Gasteiger partial charge in [0, 0.05) is 0 Å². The van der Waals surface area contributed by atoms with Crippen LogP contribution in [0, 0.1) is 0 Å². The summed E-state index contributed by atoms with van der Waals surface area (Å²) in [6.07, 6.45) is 15.9. The van der Waals surface area contributed by atoms with Crippen molar-refractivity contribution >= 4 is 0 Å². The minimum atomic E-state index is 1.20. The molecule has 0 aromatic rings. The molecule has 0 radical (unpaired) electrons. The number of likely N-dealkylation sites (N-methyl/N-ethyl adjacent to an activating group) is 1. The number of hydrogen-bond acceptors (Lipinski definition) is 0. The molecule has 0 aromatic carbocycles. The zero-order valence-corrected chi connectivity index (χ0v) is 13.4. The molecule has 0 aromatic heterocycles. The van der Waals surface area contributed by atoms with E-state index in [-0.39, 0.29) is 0 Å². The van der Waals surface area contributed by atoms with Crippen LogP contribution in [0.2, 0.25) is 0 Å². The van der Waals surface area contributed by atoms with Crippen LogP contribution in [0.4, 0.5) is 0 Å². The first-order valence-electron chi connectivity index (χ1n) is 8.13. The van der Waals surface area contributed by atoms with E-state index >= 15 is 0 Å². The molecule has 108 valence electrons. The highest BCUT2D eigenvalue weighted by molar-refractivity contribution is 4.76. The topological polar surface area (TPSA) is 0 Å². The van der Waals surface area contributed by atoms with Crippen LogP contribution in [0.15, 0.2) is 12.2 Å². The molecular weight excluding hydrogens is 218 g/mol. The van der Waals surface area contributed by atoms with E-state index < -0.39 is 0 Å². The number of rotatable bonds is 12. The predicted octanol–water partition coefficient (Wildman–Crippen LogP) is 5.17. The van der Waals surface area contributed by atoms with E-state index in [1.807, 2.05) is 0 Å². The average molecular weight is 254 g/mol. The van der Waals surface area contributed by atoms with Crippen LogP contribution in [0.1, 0.15) is 72.1 Å². The van der Waals surface area contributed by atoms with Gasteiger partial charge in [0.2, 0.25) is 0 Å². The third kappa shape index (κ3) is 9.70. The molecule has 0 spiro atoms. The second kappa shape index (κ2) is 11.8. The molecule has 0 aliphatic heterocycles. The molecule has 0 heterocycles. The fourth-order valence-corrected chi connectivity index (χ4v) is 2.37. The lowest BCUT2D eigenvalue weighted by molar-refractivity contribution is -0.902. The van der Waals surface area contributed by atoms with E-state index in [2.05, 4.69) is 40.0 Å². The van der Waals surface area contributed by atoms with E-state index in [9.17, 15) is 0 Å². The van der Waals surface area contributed by atoms with Gasteiger partial charge in [0.1, 0.15) is 0 Å². The Kier molecular flexibility index (Phi) is 11.6. The highest BCUT2D eigenvalue weighted by atomic mass is 15.3. The maximum atomic E-state index is 2.39. The Labute approximate surface area is 116 Å². The number of allylic oxidation sites excluding steroid dienone is 1. The van der Waals surface area contributed by atoms with Crippen molar-refractivity contribution in [3.05, 3.63) is 12.2 Å². The lowest BCUT2D eigenvalue weighted by Crippen LogP contribution is -2.44. The molecule has 0 bridgehead atoms. The maximum Gasteiger partial charge on any atom is 0.0971 e. The van der Waals surface area contributed by atoms with Gasteiger partial charge >= 0.3 is 0 Å². The Morgan fingerprint density at radius 1 is 0.833 bits per heavy atom. The Morgan fingerprint density at radius 2 is 1.39 bits per heavy atom. The van der Waals surface area contributed by atoms with Crippen LogP contribution >= 0.6 is 0 Å². The quantitative estimate of drug-likeness (QED) is 0.256. The fraction of sp³-hybridized carbons (Fsp3) is 0.882. The van der Waals surface area contributed by atoms with Crippen molar-refractivity contribution in [2.75, 3.05) is 26.7 Å². The number of hydrogen-bond donors (Lipinski definition) is 0. The van der Waals surface area contributed by atoms with E-state index in [0.717, 1.165) is 0 Å². The Hall–Kier alpha value is -0.300. The zero-order chi connectivity index (χ0) is 13.7. The number of quaternary nitrogens is 1. The Balaban J connectivity index is 3.50. The van der Waals surface area contributed by atoms with Gasteiger partial charge in [0.25, 0.3) is 0 Å². The molecule has 0 rings (SSSR count). The highest BCUT2D eigenvalue weighted by Crippen LogP contribution is 2.11. The van der Waals surface area contributed by atoms with E-state index in [0.29, 0.717) is 0 Å². The predicted molar refractivity (Wildman–Crippen MR) is 83.9 cm³/mol. The monoisotopic (exact) mass is 254 g/mol. The molecule has 1 unspecified atom stereocenters. The van der Waals surface area contributed by atoms with Gasteiger partial charge in [-0.05, 0) is 32.8 Å². The van der Waals surface area contributed by atoms with Crippen LogP contribution in [0.3, 0.4) is 0 Å². The SMILES string of the molecule is CC=CC[N+](C)(CC)CCCCCCCCCC. The van der Waals surface area contributed by atoms with Gasteiger partial charge in [-0.3, -0.25) is 0 Å². The second-order valence-electron chi connectivity index (χ2n) is 5.89. The third-order valence-electron chi connectivity index (χ3n) is 4.10. The molecule has 0 aliphatic rings. The molecule has 0 saturated carbocycles. The highest BCUT2D eigenvalue weighted by Gasteiger charge is 2.15. The number of unbranched alkanes of at least 4 members (excludes halogenated alkanes) is 7. The lowest BCUT2D eigenvalue weighted by atomic mass is 10.1. The molecule has 1 nitrogen and oxygen atoms in total. The largest absolute Gasteiger partial charge is 0.323 e. The first-order chi connectivity index (χ1) is 8.68. The van der Waals surface area contributed by atoms with Gasteiger partial charge in [-0.2, -0.15) is 0 Å². The van der Waals surface area contributed by atoms with Crippen LogP contribution < -0.4 is 0 Å². The molecule has 1 heteroatoms. The molecule has 0 aliphatic carbocycles. The molecule has 0 N–H and O–H groups in total. The van der Waals surface area contributed by atoms with Crippen molar-refractivity contribution in [2.24, 2.45) is 0 Å². The van der Waals surface area contributed by atoms with Gasteiger partial charge in [0.15, 0.2) is 0 Å². The van der Waals surface area contributed by atoms with Crippen LogP contribution in [0.5, 0.6) is 0 Å². The summed E-state index contributed by atoms with van der Waals surface area (Å²) in [5.74, 6) is 0. The Bertz CT molecular complexity index is 198. The minimum Gasteiger partial charge on any atom is -0.323 e. The lowest BCUT2D eigenvalue weighted by Gasteiger charge is -2.32. The molecule has 0 fully saturated rings. The molecule has 18 heavy (non-hydrogen) atoms. The van der Waals surface area contributed by atoms with Gasteiger partial charge < -0.3 is 4.48 Å². The van der Waals surface area contributed by atoms with Gasteiger partial charge in [-0.15, -0.1) is 0 Å². The maximum absolute atomic E-state index is 2.39. The summed E-state index contributed by atoms with van der Waals surface area (Å²) in [5, 5.41) is 0. The van der Waals surface area contributed by atoms with Crippen molar-refractivity contribution in [3.8, 4) is 0 Å². The van der Waals surface area contributed by atoms with E-state index in [4.69, 9.17) is 0 Å². The molecule has 1 atom stereocenters. The average Bonchev–Trinajstić information content (AvgIpc) is 2.39. The Morgan fingerprint density at radius 3 is 1.89 bits per heavy atom. The summed E-state index contributed by atoms with van der Waals surface area (Å²) >= 11 is 0. The van der Waals surface area contributed by atoms with Gasteiger partial charge in [0.05, 0.1) is 26.7 Å². The normalized spacial score (nSPS) is 15.1. The van der Waals surface area contributed by atoms with Crippen LogP contribution in [-0.2, 0) is 0 Å². The van der Waals surface area contributed by atoms with Crippen molar-refractivity contribution in [2.45, 2.75) is 72.1 Å². The van der Waals surface area contributed by atoms with Crippen molar-refractivity contribution < 1.29 is 4.48 Å². The second-order valence-corrected chi connectivity index (χ2v) is 5.89. The summed E-state index contributed by atoms with van der Waals surface area (Å²) in [7, 11) is 2.39. The molecule has 0 saturated heterocycles. The smallest absolute Gasteiger partial charge is 0.0971 e. The first kappa shape index (κ1) is 17.7. The van der Waals surface area contributed by atoms with E-state index in [1.54, 1.807) is 0 Å². The zero-order valence-electron chi connectivity index (χ0n) is 13.4. The molecule has 0 amide bonds.